The van der Waals surface area contributed by atoms with Crippen LogP contribution in [-0.2, 0) is 19.2 Å². The van der Waals surface area contributed by atoms with Gasteiger partial charge < -0.3 is 20.4 Å². The quantitative estimate of drug-likeness (QED) is 0.466. The fourth-order valence-corrected chi connectivity index (χ4v) is 1.39. The molecule has 0 amide bonds. The van der Waals surface area contributed by atoms with Crippen molar-refractivity contribution in [1.29, 1.82) is 0 Å². The summed E-state index contributed by atoms with van der Waals surface area (Å²) >= 11 is 0. The van der Waals surface area contributed by atoms with Gasteiger partial charge in [-0.15, -0.1) is 0 Å². The molecule has 0 radical (unpaired) electrons. The van der Waals surface area contributed by atoms with Gasteiger partial charge in [-0.25, -0.2) is 0 Å². The molecule has 0 heterocycles. The van der Waals surface area contributed by atoms with Crippen LogP contribution in [0.15, 0.2) is 0 Å². The van der Waals surface area contributed by atoms with Gasteiger partial charge in [-0.2, -0.15) is 0 Å². The lowest BCUT2D eigenvalue weighted by atomic mass is 9.74. The molecule has 1 atom stereocenters. The third-order valence-corrected chi connectivity index (χ3v) is 2.24. The van der Waals surface area contributed by atoms with E-state index in [0.717, 1.165) is 0 Å². The molecule has 0 aromatic carbocycles. The van der Waals surface area contributed by atoms with Crippen molar-refractivity contribution in [2.24, 2.45) is 11.3 Å². The summed E-state index contributed by atoms with van der Waals surface area (Å²) in [5.41, 5.74) is -3.36. The molecular formula is C8H14O8. The Morgan fingerprint density at radius 2 is 1.31 bits per heavy atom. The van der Waals surface area contributed by atoms with Crippen LogP contribution in [0, 0.1) is 11.3 Å². The molecule has 0 aliphatic heterocycles. The van der Waals surface area contributed by atoms with E-state index in [-0.39, 0.29) is 2.85 Å². The van der Waals surface area contributed by atoms with Gasteiger partial charge in [0.1, 0.15) is 0 Å². The number of rotatable bonds is 6. The highest BCUT2D eigenvalue weighted by Crippen LogP contribution is 2.32. The Balaban J connectivity index is -0.00000112. The highest BCUT2D eigenvalue weighted by Gasteiger charge is 2.62. The van der Waals surface area contributed by atoms with Crippen LogP contribution < -0.4 is 0 Å². The van der Waals surface area contributed by atoms with Crippen molar-refractivity contribution in [3.05, 3.63) is 0 Å². The Kier molecular flexibility index (Phi) is 3.99. The average molecular weight is 238 g/mol. The molecule has 4 N–H and O–H groups in total. The zero-order chi connectivity index (χ0) is 13.1. The second-order valence-electron chi connectivity index (χ2n) is 3.02. The first-order valence-corrected chi connectivity index (χ1v) is 4.15. The van der Waals surface area contributed by atoms with Crippen LogP contribution in [0.2, 0.25) is 0 Å². The lowest BCUT2D eigenvalue weighted by Gasteiger charge is -2.25. The maximum absolute atomic E-state index is 10.8. The summed E-state index contributed by atoms with van der Waals surface area (Å²) in [6.07, 6.45) is -0.430. The first-order chi connectivity index (χ1) is 7.22. The molecule has 0 aromatic rings. The Morgan fingerprint density at radius 1 is 1.00 bits per heavy atom. The van der Waals surface area contributed by atoms with Crippen LogP contribution in [0.5, 0.6) is 0 Å². The van der Waals surface area contributed by atoms with Crippen LogP contribution >= 0.6 is 0 Å². The number of hydrogen-bond donors (Lipinski definition) is 4. The standard InChI is InChI=1S/C8H10O8.2H2/c1-2-3(4(9)10)8(5(11)12,6(13)14)7(15)16;;/h3H,2H2,1H3,(H,9,10)(H,11,12)(H,13,14)(H,15,16);2*1H. The lowest BCUT2D eigenvalue weighted by Crippen LogP contribution is -2.54. The molecule has 0 saturated carbocycles. The fraction of sp³-hybridized carbons (Fsp3) is 0.500. The minimum Gasteiger partial charge on any atom is -0.481 e. The van der Waals surface area contributed by atoms with Crippen molar-refractivity contribution in [3.63, 3.8) is 0 Å². The van der Waals surface area contributed by atoms with Gasteiger partial charge in [0.15, 0.2) is 0 Å². The van der Waals surface area contributed by atoms with E-state index < -0.39 is 41.6 Å². The summed E-state index contributed by atoms with van der Waals surface area (Å²) in [4.78, 5) is 43.1. The predicted octanol–water partition coefficient (Wildman–Crippen LogP) is -0.171. The molecule has 94 valence electrons. The summed E-state index contributed by atoms with van der Waals surface area (Å²) in [7, 11) is 0. The Hall–Kier alpha value is -2.12. The number of carboxylic acid groups (broad SMARTS) is 4. The van der Waals surface area contributed by atoms with Crippen molar-refractivity contribution in [3.8, 4) is 0 Å². The van der Waals surface area contributed by atoms with E-state index in [2.05, 4.69) is 0 Å². The van der Waals surface area contributed by atoms with E-state index >= 15 is 0 Å². The molecule has 8 nitrogen and oxygen atoms in total. The van der Waals surface area contributed by atoms with Gasteiger partial charge in [-0.05, 0) is 6.42 Å². The molecule has 0 rings (SSSR count). The zero-order valence-electron chi connectivity index (χ0n) is 8.21. The van der Waals surface area contributed by atoms with Crippen molar-refractivity contribution in [1.82, 2.24) is 0 Å². The molecule has 16 heavy (non-hydrogen) atoms. The Morgan fingerprint density at radius 3 is 1.38 bits per heavy atom. The van der Waals surface area contributed by atoms with Crippen molar-refractivity contribution < 1.29 is 42.5 Å². The average Bonchev–Trinajstić information content (AvgIpc) is 2.10. The van der Waals surface area contributed by atoms with Crippen LogP contribution in [-0.4, -0.2) is 44.3 Å². The summed E-state index contributed by atoms with van der Waals surface area (Å²) < 4.78 is 0. The second-order valence-corrected chi connectivity index (χ2v) is 3.02. The predicted molar refractivity (Wildman–Crippen MR) is 51.0 cm³/mol. The molecule has 0 bridgehead atoms. The van der Waals surface area contributed by atoms with Gasteiger partial charge in [0.05, 0.1) is 5.92 Å². The third kappa shape index (κ3) is 1.81. The summed E-state index contributed by atoms with van der Waals surface area (Å²) in [5.74, 6) is -10.4. The highest BCUT2D eigenvalue weighted by molar-refractivity contribution is 6.18. The zero-order valence-corrected chi connectivity index (χ0v) is 8.21. The molecule has 0 aliphatic rings. The largest absolute Gasteiger partial charge is 0.481 e. The van der Waals surface area contributed by atoms with Gasteiger partial charge in [0, 0.05) is 2.85 Å². The van der Waals surface area contributed by atoms with E-state index in [1.54, 1.807) is 0 Å². The highest BCUT2D eigenvalue weighted by atomic mass is 16.4. The molecule has 0 saturated heterocycles. The SMILES string of the molecule is CCC(C(=O)O)C(C(=O)O)(C(=O)O)C(=O)O.[HH].[HH]. The molecular weight excluding hydrogens is 224 g/mol. The number of carboxylic acids is 4. The van der Waals surface area contributed by atoms with Gasteiger partial charge in [0.25, 0.3) is 5.41 Å². The van der Waals surface area contributed by atoms with Crippen molar-refractivity contribution >= 4 is 23.9 Å². The number of hydrogen-bond acceptors (Lipinski definition) is 4. The normalized spacial score (nSPS) is 12.8. The van der Waals surface area contributed by atoms with Gasteiger partial charge in [0.2, 0.25) is 0 Å². The molecule has 0 aromatic heterocycles. The summed E-state index contributed by atoms with van der Waals surface area (Å²) in [6, 6.07) is 0. The van der Waals surface area contributed by atoms with Crippen LogP contribution in [0.25, 0.3) is 0 Å². The molecule has 1 unspecified atom stereocenters. The maximum Gasteiger partial charge on any atom is 0.333 e. The van der Waals surface area contributed by atoms with Gasteiger partial charge >= 0.3 is 23.9 Å². The van der Waals surface area contributed by atoms with Crippen molar-refractivity contribution in [2.75, 3.05) is 0 Å². The number of carbonyl (C=O) groups is 4. The fourth-order valence-electron chi connectivity index (χ4n) is 1.39. The first-order valence-electron chi connectivity index (χ1n) is 4.15. The van der Waals surface area contributed by atoms with Crippen LogP contribution in [0.3, 0.4) is 0 Å². The number of aliphatic carboxylic acids is 4. The van der Waals surface area contributed by atoms with Gasteiger partial charge in [-0.1, -0.05) is 6.92 Å². The van der Waals surface area contributed by atoms with E-state index in [0.29, 0.717) is 0 Å². The van der Waals surface area contributed by atoms with E-state index in [9.17, 15) is 19.2 Å². The minimum atomic E-state index is -3.36. The van der Waals surface area contributed by atoms with E-state index in [1.165, 1.54) is 6.92 Å². The topological polar surface area (TPSA) is 149 Å². The van der Waals surface area contributed by atoms with Crippen LogP contribution in [0.4, 0.5) is 0 Å². The molecule has 0 spiro atoms. The minimum absolute atomic E-state index is 0. The lowest BCUT2D eigenvalue weighted by molar-refractivity contribution is -0.185. The second kappa shape index (κ2) is 4.60. The summed E-state index contributed by atoms with van der Waals surface area (Å²) in [5, 5.41) is 34.7. The van der Waals surface area contributed by atoms with Gasteiger partial charge in [-0.3, -0.25) is 19.2 Å². The van der Waals surface area contributed by atoms with Crippen molar-refractivity contribution in [2.45, 2.75) is 13.3 Å². The Labute approximate surface area is 92.1 Å². The van der Waals surface area contributed by atoms with Crippen LogP contribution in [0.1, 0.15) is 16.2 Å². The monoisotopic (exact) mass is 238 g/mol. The molecule has 0 aliphatic carbocycles. The Bertz CT molecular complexity index is 317. The van der Waals surface area contributed by atoms with E-state index in [4.69, 9.17) is 20.4 Å². The molecule has 0 fully saturated rings. The molecule has 8 heteroatoms. The van der Waals surface area contributed by atoms with E-state index in [1.807, 2.05) is 0 Å². The third-order valence-electron chi connectivity index (χ3n) is 2.24. The smallest absolute Gasteiger partial charge is 0.333 e. The summed E-state index contributed by atoms with van der Waals surface area (Å²) in [6.45, 7) is 1.20. The first kappa shape index (κ1) is 13.9. The maximum atomic E-state index is 10.8.